The largest absolute Gasteiger partial charge is 0.331 e. The molecule has 18 heavy (non-hydrogen) atoms. The molecule has 0 unspecified atom stereocenters. The van der Waals surface area contributed by atoms with Crippen molar-refractivity contribution in [3.8, 4) is 0 Å². The fraction of sp³-hybridized carbons (Fsp3) is 0.533. The highest BCUT2D eigenvalue weighted by atomic mass is 15.1. The van der Waals surface area contributed by atoms with Crippen LogP contribution in [-0.4, -0.2) is 9.55 Å². The van der Waals surface area contributed by atoms with Crippen molar-refractivity contribution in [2.45, 2.75) is 38.6 Å². The molecule has 0 atom stereocenters. The molecule has 1 saturated carbocycles. The molecule has 0 amide bonds. The second-order valence-electron chi connectivity index (χ2n) is 6.04. The summed E-state index contributed by atoms with van der Waals surface area (Å²) in [6.07, 6.45) is 3.23. The molecule has 1 aromatic carbocycles. The lowest BCUT2D eigenvalue weighted by Gasteiger charge is -2.09. The van der Waals surface area contributed by atoms with E-state index >= 15 is 0 Å². The van der Waals surface area contributed by atoms with Crippen LogP contribution in [0.3, 0.4) is 0 Å². The highest BCUT2D eigenvalue weighted by Crippen LogP contribution is 2.43. The lowest BCUT2D eigenvalue weighted by molar-refractivity contribution is 0.606. The van der Waals surface area contributed by atoms with Gasteiger partial charge in [-0.1, -0.05) is 19.9 Å². The van der Waals surface area contributed by atoms with E-state index in [1.54, 1.807) is 0 Å². The first-order valence-corrected chi connectivity index (χ1v) is 6.74. The minimum absolute atomic E-state index is 0.0589. The van der Waals surface area contributed by atoms with Crippen molar-refractivity contribution in [3.63, 3.8) is 0 Å². The summed E-state index contributed by atoms with van der Waals surface area (Å²) in [6.45, 7) is 4.45. The van der Waals surface area contributed by atoms with Gasteiger partial charge >= 0.3 is 0 Å². The van der Waals surface area contributed by atoms with Gasteiger partial charge in [0.05, 0.1) is 11.0 Å². The number of hydrogen-bond donors (Lipinski definition) is 1. The summed E-state index contributed by atoms with van der Waals surface area (Å²) in [7, 11) is 2.10. The number of imidazole rings is 1. The van der Waals surface area contributed by atoms with Crippen LogP contribution in [0.25, 0.3) is 11.0 Å². The van der Waals surface area contributed by atoms with Crippen LogP contribution in [-0.2, 0) is 19.0 Å². The van der Waals surface area contributed by atoms with E-state index < -0.39 is 0 Å². The average Bonchev–Trinajstić information content (AvgIpc) is 2.99. The zero-order valence-electron chi connectivity index (χ0n) is 11.4. The van der Waals surface area contributed by atoms with E-state index in [1.807, 2.05) is 0 Å². The minimum Gasteiger partial charge on any atom is -0.331 e. The van der Waals surface area contributed by atoms with Crippen LogP contribution < -0.4 is 5.73 Å². The van der Waals surface area contributed by atoms with Gasteiger partial charge in [0, 0.05) is 19.0 Å². The Kier molecular flexibility index (Phi) is 2.49. The van der Waals surface area contributed by atoms with Crippen LogP contribution in [0.2, 0.25) is 0 Å². The molecule has 3 heteroatoms. The third-order valence-corrected chi connectivity index (χ3v) is 3.93. The summed E-state index contributed by atoms with van der Waals surface area (Å²) >= 11 is 0. The van der Waals surface area contributed by atoms with Gasteiger partial charge in [-0.25, -0.2) is 4.98 Å². The van der Waals surface area contributed by atoms with E-state index in [9.17, 15) is 0 Å². The van der Waals surface area contributed by atoms with Gasteiger partial charge in [0.15, 0.2) is 0 Å². The molecule has 0 spiro atoms. The molecule has 3 nitrogen and oxygen atoms in total. The Balaban J connectivity index is 2.07. The Hall–Kier alpha value is -1.35. The maximum atomic E-state index is 6.27. The van der Waals surface area contributed by atoms with Crippen molar-refractivity contribution >= 4 is 11.0 Å². The Morgan fingerprint density at radius 3 is 2.72 bits per heavy atom. The third-order valence-electron chi connectivity index (χ3n) is 3.93. The van der Waals surface area contributed by atoms with Gasteiger partial charge < -0.3 is 10.3 Å². The summed E-state index contributed by atoms with van der Waals surface area (Å²) in [6, 6.07) is 6.47. The lowest BCUT2D eigenvalue weighted by Crippen LogP contribution is -2.18. The standard InChI is InChI=1S/C15H21N3/c1-10(2)8-14-17-12-5-4-11(15(16)6-7-15)9-13(12)18(14)3/h4-5,9-10H,6-8,16H2,1-3H3. The fourth-order valence-electron chi connectivity index (χ4n) is 2.52. The van der Waals surface area contributed by atoms with Crippen LogP contribution in [0.4, 0.5) is 0 Å². The van der Waals surface area contributed by atoms with Crippen molar-refractivity contribution in [3.05, 3.63) is 29.6 Å². The van der Waals surface area contributed by atoms with Crippen LogP contribution in [0.5, 0.6) is 0 Å². The molecule has 0 saturated heterocycles. The Bertz CT molecular complexity index is 591. The molecule has 1 aliphatic carbocycles. The van der Waals surface area contributed by atoms with Crippen LogP contribution in [0.15, 0.2) is 18.2 Å². The van der Waals surface area contributed by atoms with Crippen molar-refractivity contribution in [2.24, 2.45) is 18.7 Å². The zero-order valence-corrected chi connectivity index (χ0v) is 11.4. The molecule has 96 valence electrons. The molecule has 2 aromatic rings. The zero-order chi connectivity index (χ0) is 12.9. The molecule has 3 rings (SSSR count). The Morgan fingerprint density at radius 2 is 2.11 bits per heavy atom. The van der Waals surface area contributed by atoms with Gasteiger partial charge in [-0.2, -0.15) is 0 Å². The smallest absolute Gasteiger partial charge is 0.109 e. The molecule has 1 aromatic heterocycles. The van der Waals surface area contributed by atoms with Crippen molar-refractivity contribution in [2.75, 3.05) is 0 Å². The van der Waals surface area contributed by atoms with Gasteiger partial charge in [-0.05, 0) is 36.5 Å². The van der Waals surface area contributed by atoms with E-state index in [0.29, 0.717) is 5.92 Å². The summed E-state index contributed by atoms with van der Waals surface area (Å²) < 4.78 is 2.21. The van der Waals surface area contributed by atoms with Gasteiger partial charge in [-0.3, -0.25) is 0 Å². The molecule has 2 N–H and O–H groups in total. The first-order chi connectivity index (χ1) is 8.49. The molecule has 1 heterocycles. The van der Waals surface area contributed by atoms with E-state index in [0.717, 1.165) is 24.8 Å². The number of aromatic nitrogens is 2. The topological polar surface area (TPSA) is 43.8 Å². The predicted octanol–water partition coefficient (Wildman–Crippen LogP) is 2.72. The molecule has 0 bridgehead atoms. The number of nitrogens with two attached hydrogens (primary N) is 1. The number of aryl methyl sites for hydroxylation is 1. The van der Waals surface area contributed by atoms with Gasteiger partial charge in [0.1, 0.15) is 5.82 Å². The van der Waals surface area contributed by atoms with E-state index in [4.69, 9.17) is 10.7 Å². The SMILES string of the molecule is CC(C)Cc1nc2ccc(C3(N)CC3)cc2n1C. The van der Waals surface area contributed by atoms with Gasteiger partial charge in [0.2, 0.25) is 0 Å². The lowest BCUT2D eigenvalue weighted by atomic mass is 10.1. The maximum Gasteiger partial charge on any atom is 0.109 e. The second-order valence-corrected chi connectivity index (χ2v) is 6.04. The highest BCUT2D eigenvalue weighted by molar-refractivity contribution is 5.77. The number of benzene rings is 1. The van der Waals surface area contributed by atoms with Crippen molar-refractivity contribution < 1.29 is 0 Å². The first kappa shape index (κ1) is 11.7. The number of hydrogen-bond acceptors (Lipinski definition) is 2. The van der Waals surface area contributed by atoms with Crippen LogP contribution in [0, 0.1) is 5.92 Å². The number of fused-ring (bicyclic) bond motifs is 1. The van der Waals surface area contributed by atoms with Crippen LogP contribution in [0.1, 0.15) is 38.1 Å². The third kappa shape index (κ3) is 1.83. The summed E-state index contributed by atoms with van der Waals surface area (Å²) in [5.41, 5.74) is 9.76. The molecule has 1 fully saturated rings. The van der Waals surface area contributed by atoms with E-state index in [1.165, 1.54) is 16.9 Å². The fourth-order valence-corrected chi connectivity index (χ4v) is 2.52. The normalized spacial score (nSPS) is 17.6. The van der Waals surface area contributed by atoms with E-state index in [2.05, 4.69) is 43.7 Å². The summed E-state index contributed by atoms with van der Waals surface area (Å²) in [5.74, 6) is 1.79. The minimum atomic E-state index is -0.0589. The van der Waals surface area contributed by atoms with Gasteiger partial charge in [0.25, 0.3) is 0 Å². The Labute approximate surface area is 108 Å². The second kappa shape index (κ2) is 3.82. The molecule has 0 radical (unpaired) electrons. The summed E-state index contributed by atoms with van der Waals surface area (Å²) in [4.78, 5) is 4.72. The van der Waals surface area contributed by atoms with Crippen LogP contribution >= 0.6 is 0 Å². The van der Waals surface area contributed by atoms with Crippen molar-refractivity contribution in [1.29, 1.82) is 0 Å². The molecular formula is C15H21N3. The average molecular weight is 243 g/mol. The maximum absolute atomic E-state index is 6.27. The predicted molar refractivity (Wildman–Crippen MR) is 74.4 cm³/mol. The quantitative estimate of drug-likeness (QED) is 0.900. The number of nitrogens with zero attached hydrogens (tertiary/aromatic N) is 2. The summed E-state index contributed by atoms with van der Waals surface area (Å²) in [5, 5.41) is 0. The molecule has 0 aliphatic heterocycles. The first-order valence-electron chi connectivity index (χ1n) is 6.74. The number of rotatable bonds is 3. The monoisotopic (exact) mass is 243 g/mol. The Morgan fingerprint density at radius 1 is 1.39 bits per heavy atom. The highest BCUT2D eigenvalue weighted by Gasteiger charge is 2.40. The van der Waals surface area contributed by atoms with Gasteiger partial charge in [-0.15, -0.1) is 0 Å². The van der Waals surface area contributed by atoms with E-state index in [-0.39, 0.29) is 5.54 Å². The molecular weight excluding hydrogens is 222 g/mol. The molecule has 1 aliphatic rings. The van der Waals surface area contributed by atoms with Crippen molar-refractivity contribution in [1.82, 2.24) is 9.55 Å².